The average Bonchev–Trinajstić information content (AvgIpc) is 2.43. The summed E-state index contributed by atoms with van der Waals surface area (Å²) in [5, 5.41) is 9.85. The minimum absolute atomic E-state index is 0.180. The molecule has 1 heterocycles. The second-order valence-corrected chi connectivity index (χ2v) is 4.83. The lowest BCUT2D eigenvalue weighted by atomic mass is 10.1. The van der Waals surface area contributed by atoms with Crippen LogP contribution in [-0.4, -0.2) is 11.1 Å². The van der Waals surface area contributed by atoms with E-state index in [4.69, 9.17) is 5.41 Å². The van der Waals surface area contributed by atoms with Crippen molar-refractivity contribution in [1.29, 1.82) is 5.41 Å². The standard InChI is InChI=1S/C12H12N2OS/c1-7-3-8(2)5-9(4-7)6-10-11(13)14-12(15)16-10/h3-6H,1-2H3,(H2,13,14,15). The number of rotatable bonds is 1. The molecule has 0 aromatic heterocycles. The van der Waals surface area contributed by atoms with Crippen LogP contribution in [0, 0.1) is 19.3 Å². The fourth-order valence-electron chi connectivity index (χ4n) is 1.69. The van der Waals surface area contributed by atoms with Crippen LogP contribution in [0.15, 0.2) is 23.1 Å². The summed E-state index contributed by atoms with van der Waals surface area (Å²) >= 11 is 1.07. The summed E-state index contributed by atoms with van der Waals surface area (Å²) in [6.07, 6.45) is 1.87. The Balaban J connectivity index is 2.36. The van der Waals surface area contributed by atoms with Crippen molar-refractivity contribution >= 4 is 28.9 Å². The summed E-state index contributed by atoms with van der Waals surface area (Å²) in [4.78, 5) is 11.7. The van der Waals surface area contributed by atoms with Gasteiger partial charge in [-0.05, 0) is 37.2 Å². The molecule has 2 rings (SSSR count). The number of carbonyl (C=O) groups excluding carboxylic acids is 1. The van der Waals surface area contributed by atoms with Crippen molar-refractivity contribution in [1.82, 2.24) is 5.32 Å². The number of hydrogen-bond acceptors (Lipinski definition) is 3. The third-order valence-corrected chi connectivity index (χ3v) is 3.05. The Morgan fingerprint density at radius 3 is 2.38 bits per heavy atom. The zero-order valence-corrected chi connectivity index (χ0v) is 9.94. The second kappa shape index (κ2) is 4.14. The minimum Gasteiger partial charge on any atom is -0.301 e. The lowest BCUT2D eigenvalue weighted by Gasteiger charge is -2.01. The number of amidine groups is 1. The molecule has 4 heteroatoms. The zero-order chi connectivity index (χ0) is 11.7. The molecular weight excluding hydrogens is 220 g/mol. The highest BCUT2D eigenvalue weighted by molar-refractivity contribution is 8.18. The molecule has 1 aromatic carbocycles. The van der Waals surface area contributed by atoms with E-state index < -0.39 is 0 Å². The molecule has 1 aliphatic rings. The SMILES string of the molecule is Cc1cc(C)cc(C=C2SC(=O)NC2=N)c1. The molecule has 1 aromatic rings. The highest BCUT2D eigenvalue weighted by atomic mass is 32.2. The van der Waals surface area contributed by atoms with Gasteiger partial charge in [0.05, 0.1) is 4.91 Å². The molecule has 0 unspecified atom stereocenters. The minimum atomic E-state index is -0.180. The Bertz CT molecular complexity index is 485. The van der Waals surface area contributed by atoms with Crippen LogP contribution in [0.5, 0.6) is 0 Å². The first-order valence-corrected chi connectivity index (χ1v) is 5.74. The molecule has 0 spiro atoms. The first-order chi connectivity index (χ1) is 7.54. The number of aryl methyl sites for hydroxylation is 2. The summed E-state index contributed by atoms with van der Waals surface area (Å²) in [5.74, 6) is 0.189. The van der Waals surface area contributed by atoms with Crippen molar-refractivity contribution in [3.8, 4) is 0 Å². The van der Waals surface area contributed by atoms with Gasteiger partial charge < -0.3 is 5.32 Å². The van der Waals surface area contributed by atoms with Crippen molar-refractivity contribution < 1.29 is 4.79 Å². The molecule has 0 aliphatic carbocycles. The van der Waals surface area contributed by atoms with Crippen molar-refractivity contribution in [2.45, 2.75) is 13.8 Å². The Kier molecular flexibility index (Phi) is 2.83. The fraction of sp³-hybridized carbons (Fsp3) is 0.167. The highest BCUT2D eigenvalue weighted by Gasteiger charge is 2.21. The molecule has 2 N–H and O–H groups in total. The molecule has 3 nitrogen and oxygen atoms in total. The van der Waals surface area contributed by atoms with Gasteiger partial charge in [-0.3, -0.25) is 10.2 Å². The Hall–Kier alpha value is -1.55. The van der Waals surface area contributed by atoms with Gasteiger partial charge in [0.1, 0.15) is 5.84 Å². The Labute approximate surface area is 98.4 Å². The molecule has 1 fully saturated rings. The maximum absolute atomic E-state index is 11.1. The predicted octanol–water partition coefficient (Wildman–Crippen LogP) is 3.08. The van der Waals surface area contributed by atoms with Crippen molar-refractivity contribution in [2.24, 2.45) is 0 Å². The Morgan fingerprint density at radius 1 is 1.25 bits per heavy atom. The van der Waals surface area contributed by atoms with E-state index in [1.807, 2.05) is 32.1 Å². The third kappa shape index (κ3) is 2.33. The number of benzene rings is 1. The molecule has 82 valence electrons. The predicted molar refractivity (Wildman–Crippen MR) is 67.7 cm³/mol. The summed E-state index contributed by atoms with van der Waals surface area (Å²) in [6, 6.07) is 6.17. The van der Waals surface area contributed by atoms with E-state index in [1.165, 1.54) is 11.1 Å². The van der Waals surface area contributed by atoms with E-state index >= 15 is 0 Å². The lowest BCUT2D eigenvalue weighted by Crippen LogP contribution is -2.17. The van der Waals surface area contributed by atoms with Crippen molar-refractivity contribution in [2.75, 3.05) is 0 Å². The molecule has 16 heavy (non-hydrogen) atoms. The van der Waals surface area contributed by atoms with E-state index in [0.717, 1.165) is 17.3 Å². The van der Waals surface area contributed by atoms with E-state index in [9.17, 15) is 4.79 Å². The van der Waals surface area contributed by atoms with Crippen LogP contribution in [-0.2, 0) is 0 Å². The highest BCUT2D eigenvalue weighted by Crippen LogP contribution is 2.26. The summed E-state index contributed by atoms with van der Waals surface area (Å²) in [5.41, 5.74) is 3.39. The molecule has 0 radical (unpaired) electrons. The number of thioether (sulfide) groups is 1. The number of nitrogens with one attached hydrogen (secondary N) is 2. The Morgan fingerprint density at radius 2 is 1.88 bits per heavy atom. The maximum atomic E-state index is 11.1. The fourth-order valence-corrected chi connectivity index (χ4v) is 2.39. The zero-order valence-electron chi connectivity index (χ0n) is 9.13. The molecule has 0 bridgehead atoms. The summed E-state index contributed by atoms with van der Waals surface area (Å²) < 4.78 is 0. The van der Waals surface area contributed by atoms with E-state index in [0.29, 0.717) is 4.91 Å². The molecular formula is C12H12N2OS. The number of hydrogen-bond donors (Lipinski definition) is 2. The largest absolute Gasteiger partial charge is 0.301 e. The van der Waals surface area contributed by atoms with Crippen LogP contribution in [0.3, 0.4) is 0 Å². The lowest BCUT2D eigenvalue weighted by molar-refractivity contribution is 0.265. The van der Waals surface area contributed by atoms with Gasteiger partial charge >= 0.3 is 0 Å². The van der Waals surface area contributed by atoms with E-state index in [2.05, 4.69) is 11.4 Å². The van der Waals surface area contributed by atoms with E-state index in [1.54, 1.807) is 0 Å². The number of carbonyl (C=O) groups is 1. The van der Waals surface area contributed by atoms with Crippen molar-refractivity contribution in [3.05, 3.63) is 39.8 Å². The van der Waals surface area contributed by atoms with Crippen molar-refractivity contribution in [3.63, 3.8) is 0 Å². The van der Waals surface area contributed by atoms with Gasteiger partial charge in [0, 0.05) is 0 Å². The van der Waals surface area contributed by atoms with Crippen LogP contribution in [0.25, 0.3) is 6.08 Å². The van der Waals surface area contributed by atoms with Crippen LogP contribution in [0.4, 0.5) is 4.79 Å². The van der Waals surface area contributed by atoms with Crippen LogP contribution in [0.2, 0.25) is 0 Å². The van der Waals surface area contributed by atoms with Gasteiger partial charge in [-0.1, -0.05) is 29.3 Å². The maximum Gasteiger partial charge on any atom is 0.289 e. The van der Waals surface area contributed by atoms with Crippen LogP contribution in [0.1, 0.15) is 16.7 Å². The van der Waals surface area contributed by atoms with Gasteiger partial charge in [0.15, 0.2) is 0 Å². The second-order valence-electron chi connectivity index (χ2n) is 3.82. The molecule has 0 atom stereocenters. The van der Waals surface area contributed by atoms with Crippen LogP contribution >= 0.6 is 11.8 Å². The van der Waals surface area contributed by atoms with Gasteiger partial charge in [-0.25, -0.2) is 0 Å². The number of amides is 1. The van der Waals surface area contributed by atoms with Gasteiger partial charge in [-0.15, -0.1) is 0 Å². The smallest absolute Gasteiger partial charge is 0.289 e. The summed E-state index contributed by atoms with van der Waals surface area (Å²) in [7, 11) is 0. The first-order valence-electron chi connectivity index (χ1n) is 4.92. The molecule has 1 saturated heterocycles. The first kappa shape index (κ1) is 11.0. The molecule has 1 amide bonds. The van der Waals surface area contributed by atoms with Gasteiger partial charge in [-0.2, -0.15) is 0 Å². The van der Waals surface area contributed by atoms with E-state index in [-0.39, 0.29) is 11.1 Å². The summed E-state index contributed by atoms with van der Waals surface area (Å²) in [6.45, 7) is 4.07. The molecule has 0 saturated carbocycles. The normalized spacial score (nSPS) is 18.0. The third-order valence-electron chi connectivity index (χ3n) is 2.22. The quantitative estimate of drug-likeness (QED) is 0.781. The monoisotopic (exact) mass is 232 g/mol. The average molecular weight is 232 g/mol. The topological polar surface area (TPSA) is 53.0 Å². The van der Waals surface area contributed by atoms with Gasteiger partial charge in [0.25, 0.3) is 5.24 Å². The van der Waals surface area contributed by atoms with Crippen LogP contribution < -0.4 is 5.32 Å². The van der Waals surface area contributed by atoms with Gasteiger partial charge in [0.2, 0.25) is 0 Å². The molecule has 1 aliphatic heterocycles.